The molecular formula is C11H20N2O3S2. The molecule has 0 spiro atoms. The van der Waals surface area contributed by atoms with Gasteiger partial charge in [0.2, 0.25) is 5.91 Å². The molecule has 5 nitrogen and oxygen atoms in total. The second-order valence-electron chi connectivity index (χ2n) is 3.89. The van der Waals surface area contributed by atoms with Gasteiger partial charge in [0.15, 0.2) is 0 Å². The summed E-state index contributed by atoms with van der Waals surface area (Å²) < 4.78 is 0. The van der Waals surface area contributed by atoms with Crippen molar-refractivity contribution in [2.75, 3.05) is 43.5 Å². The van der Waals surface area contributed by atoms with Crippen LogP contribution in [0.2, 0.25) is 0 Å². The monoisotopic (exact) mass is 292 g/mol. The molecule has 0 saturated carbocycles. The summed E-state index contributed by atoms with van der Waals surface area (Å²) in [6.07, 6.45) is 1.18. The van der Waals surface area contributed by atoms with Gasteiger partial charge in [-0.1, -0.05) is 11.8 Å². The number of thioether (sulfide) groups is 2. The lowest BCUT2D eigenvalue weighted by molar-refractivity contribution is -0.121. The first kappa shape index (κ1) is 15.7. The van der Waals surface area contributed by atoms with Gasteiger partial charge < -0.3 is 15.3 Å². The summed E-state index contributed by atoms with van der Waals surface area (Å²) >= 11 is 3.04. The molecule has 0 atom stereocenters. The smallest absolute Gasteiger partial charge is 0.281 e. The molecule has 1 saturated heterocycles. The highest BCUT2D eigenvalue weighted by Gasteiger charge is 2.21. The number of hydrogen-bond donors (Lipinski definition) is 2. The molecule has 0 aromatic rings. The first-order valence-corrected chi connectivity index (χ1v) is 8.25. The molecule has 0 aromatic heterocycles. The van der Waals surface area contributed by atoms with Gasteiger partial charge >= 0.3 is 0 Å². The van der Waals surface area contributed by atoms with E-state index in [0.29, 0.717) is 19.5 Å². The molecule has 0 radical (unpaired) electrons. The van der Waals surface area contributed by atoms with Crippen LogP contribution in [0.3, 0.4) is 0 Å². The normalized spacial score (nSPS) is 15.2. The number of amides is 2. The molecule has 18 heavy (non-hydrogen) atoms. The number of nitrogens with zero attached hydrogens (tertiary/aromatic N) is 1. The minimum Gasteiger partial charge on any atom is -0.396 e. The zero-order valence-corrected chi connectivity index (χ0v) is 12.0. The van der Waals surface area contributed by atoms with Crippen LogP contribution in [-0.4, -0.2) is 64.7 Å². The van der Waals surface area contributed by atoms with E-state index in [4.69, 9.17) is 5.11 Å². The molecule has 104 valence electrons. The Morgan fingerprint density at radius 2 is 2.33 bits per heavy atom. The van der Waals surface area contributed by atoms with Crippen LogP contribution in [0.15, 0.2) is 0 Å². The number of nitrogens with one attached hydrogen (secondary N) is 1. The van der Waals surface area contributed by atoms with Gasteiger partial charge in [-0.15, -0.1) is 0 Å². The molecule has 7 heteroatoms. The van der Waals surface area contributed by atoms with Gasteiger partial charge in [-0.2, -0.15) is 11.8 Å². The summed E-state index contributed by atoms with van der Waals surface area (Å²) in [6.45, 7) is 2.15. The number of carbonyl (C=O) groups excluding carboxylic acids is 2. The Hall–Kier alpha value is -0.400. The van der Waals surface area contributed by atoms with E-state index in [0.717, 1.165) is 30.2 Å². The van der Waals surface area contributed by atoms with Gasteiger partial charge in [-0.05, 0) is 12.2 Å². The highest BCUT2D eigenvalue weighted by atomic mass is 32.2. The van der Waals surface area contributed by atoms with Crippen molar-refractivity contribution in [3.63, 3.8) is 0 Å². The summed E-state index contributed by atoms with van der Waals surface area (Å²) in [5.74, 6) is 2.63. The van der Waals surface area contributed by atoms with E-state index in [1.165, 1.54) is 11.8 Å². The van der Waals surface area contributed by atoms with Crippen molar-refractivity contribution in [3.8, 4) is 0 Å². The van der Waals surface area contributed by atoms with Crippen molar-refractivity contribution in [2.24, 2.45) is 0 Å². The fourth-order valence-corrected chi connectivity index (χ4v) is 3.12. The number of carbonyl (C=O) groups is 2. The summed E-state index contributed by atoms with van der Waals surface area (Å²) in [6, 6.07) is 0. The van der Waals surface area contributed by atoms with Crippen LogP contribution in [0.25, 0.3) is 0 Å². The first-order chi connectivity index (χ1) is 8.74. The van der Waals surface area contributed by atoms with E-state index in [2.05, 4.69) is 5.32 Å². The molecule has 2 N–H and O–H groups in total. The van der Waals surface area contributed by atoms with Crippen LogP contribution in [0.1, 0.15) is 12.8 Å². The molecule has 1 fully saturated rings. The minimum absolute atomic E-state index is 0.00228. The Morgan fingerprint density at radius 3 is 3.00 bits per heavy atom. The Bertz CT molecular complexity index is 277. The van der Waals surface area contributed by atoms with E-state index in [1.807, 2.05) is 0 Å². The number of rotatable bonds is 9. The molecule has 1 aliphatic rings. The maximum Gasteiger partial charge on any atom is 0.281 e. The number of hydrogen-bond acceptors (Lipinski definition) is 5. The topological polar surface area (TPSA) is 69.6 Å². The molecule has 1 aliphatic heterocycles. The molecule has 1 heterocycles. The van der Waals surface area contributed by atoms with Gasteiger partial charge in [0.1, 0.15) is 0 Å². The second-order valence-corrected chi connectivity index (χ2v) is 6.16. The SMILES string of the molecule is O=C(CCN1CCSC1=O)NCCSCCCO. The van der Waals surface area contributed by atoms with Crippen molar-refractivity contribution in [3.05, 3.63) is 0 Å². The summed E-state index contributed by atoms with van der Waals surface area (Å²) in [4.78, 5) is 24.5. The summed E-state index contributed by atoms with van der Waals surface area (Å²) in [7, 11) is 0. The third kappa shape index (κ3) is 6.51. The van der Waals surface area contributed by atoms with Gasteiger partial charge in [0.05, 0.1) is 0 Å². The van der Waals surface area contributed by atoms with Crippen LogP contribution in [0.4, 0.5) is 4.79 Å². The fourth-order valence-electron chi connectivity index (χ4n) is 1.48. The third-order valence-corrected chi connectivity index (χ3v) is 4.43. The predicted octanol–water partition coefficient (Wildman–Crippen LogP) is 0.777. The van der Waals surface area contributed by atoms with Crippen LogP contribution in [0, 0.1) is 0 Å². The van der Waals surface area contributed by atoms with Crippen molar-refractivity contribution < 1.29 is 14.7 Å². The summed E-state index contributed by atoms with van der Waals surface area (Å²) in [5.41, 5.74) is 0. The maximum absolute atomic E-state index is 11.5. The van der Waals surface area contributed by atoms with Crippen molar-refractivity contribution in [2.45, 2.75) is 12.8 Å². The molecule has 2 amide bonds. The van der Waals surface area contributed by atoms with Gasteiger partial charge in [-0.3, -0.25) is 9.59 Å². The molecule has 0 aromatic carbocycles. The molecular weight excluding hydrogens is 272 g/mol. The highest BCUT2D eigenvalue weighted by molar-refractivity contribution is 8.13. The lowest BCUT2D eigenvalue weighted by atomic mass is 10.3. The van der Waals surface area contributed by atoms with E-state index >= 15 is 0 Å². The predicted molar refractivity (Wildman–Crippen MR) is 76.1 cm³/mol. The van der Waals surface area contributed by atoms with Crippen LogP contribution in [-0.2, 0) is 4.79 Å². The number of aliphatic hydroxyl groups excluding tert-OH is 1. The van der Waals surface area contributed by atoms with Crippen molar-refractivity contribution >= 4 is 34.7 Å². The lowest BCUT2D eigenvalue weighted by Crippen LogP contribution is -2.31. The molecule has 0 aliphatic carbocycles. The van der Waals surface area contributed by atoms with Gasteiger partial charge in [0, 0.05) is 44.2 Å². The number of aliphatic hydroxyl groups is 1. The van der Waals surface area contributed by atoms with Crippen LogP contribution < -0.4 is 5.32 Å². The van der Waals surface area contributed by atoms with Crippen LogP contribution >= 0.6 is 23.5 Å². The van der Waals surface area contributed by atoms with Crippen LogP contribution in [0.5, 0.6) is 0 Å². The largest absolute Gasteiger partial charge is 0.396 e. The van der Waals surface area contributed by atoms with Gasteiger partial charge in [0.25, 0.3) is 5.24 Å². The Morgan fingerprint density at radius 1 is 1.50 bits per heavy atom. The Kier molecular flexibility index (Phi) is 8.28. The molecule has 0 bridgehead atoms. The van der Waals surface area contributed by atoms with E-state index < -0.39 is 0 Å². The zero-order valence-electron chi connectivity index (χ0n) is 10.4. The van der Waals surface area contributed by atoms with Gasteiger partial charge in [-0.25, -0.2) is 0 Å². The quantitative estimate of drug-likeness (QED) is 0.615. The summed E-state index contributed by atoms with van der Waals surface area (Å²) in [5, 5.41) is 11.5. The standard InChI is InChI=1S/C11H20N2O3S2/c14-6-1-7-17-8-3-12-10(15)2-4-13-5-9-18-11(13)16/h14H,1-9H2,(H,12,15). The van der Waals surface area contributed by atoms with E-state index in [-0.39, 0.29) is 17.8 Å². The van der Waals surface area contributed by atoms with E-state index in [9.17, 15) is 9.59 Å². The highest BCUT2D eigenvalue weighted by Crippen LogP contribution is 2.16. The molecule has 1 rings (SSSR count). The Balaban J connectivity index is 1.95. The molecule has 0 unspecified atom stereocenters. The first-order valence-electron chi connectivity index (χ1n) is 6.11. The minimum atomic E-state index is 0.00228. The van der Waals surface area contributed by atoms with E-state index in [1.54, 1.807) is 16.7 Å². The van der Waals surface area contributed by atoms with Crippen molar-refractivity contribution in [1.29, 1.82) is 0 Å². The zero-order chi connectivity index (χ0) is 13.2. The fraction of sp³-hybridized carbons (Fsp3) is 0.818. The average Bonchev–Trinajstić information content (AvgIpc) is 2.77. The third-order valence-electron chi connectivity index (χ3n) is 2.47. The Labute approximate surface area is 116 Å². The average molecular weight is 292 g/mol. The lowest BCUT2D eigenvalue weighted by Gasteiger charge is -2.13. The second kappa shape index (κ2) is 9.52. The maximum atomic E-state index is 11.5. The van der Waals surface area contributed by atoms with Crippen molar-refractivity contribution in [1.82, 2.24) is 10.2 Å².